The lowest BCUT2D eigenvalue weighted by atomic mass is 9.47. The second-order valence-electron chi connectivity index (χ2n) is 10.2. The minimum atomic E-state index is -0.962. The van der Waals surface area contributed by atoms with Gasteiger partial charge in [-0.2, -0.15) is 0 Å². The van der Waals surface area contributed by atoms with E-state index >= 15 is 0 Å². The monoisotopic (exact) mass is 431 g/mol. The van der Waals surface area contributed by atoms with Crippen molar-refractivity contribution in [1.29, 1.82) is 0 Å². The summed E-state index contributed by atoms with van der Waals surface area (Å²) < 4.78 is 10.6. The summed E-state index contributed by atoms with van der Waals surface area (Å²) in [4.78, 5) is 40.9. The molecular weight excluding hydrogens is 398 g/mol. The maximum Gasteiger partial charge on any atom is 0.340 e. The Morgan fingerprint density at radius 3 is 2.39 bits per heavy atom. The van der Waals surface area contributed by atoms with Gasteiger partial charge in [0.15, 0.2) is 6.10 Å². The number of ether oxygens (including phenoxy) is 2. The van der Waals surface area contributed by atoms with Crippen molar-refractivity contribution >= 4 is 17.7 Å². The molecule has 7 heteroatoms. The van der Waals surface area contributed by atoms with Crippen LogP contribution in [0.25, 0.3) is 0 Å². The third-order valence-electron chi connectivity index (χ3n) is 7.51. The molecule has 0 aromatic carbocycles. The van der Waals surface area contributed by atoms with Crippen molar-refractivity contribution in [2.24, 2.45) is 17.3 Å². The fourth-order valence-electron chi connectivity index (χ4n) is 6.92. The van der Waals surface area contributed by atoms with E-state index in [0.29, 0.717) is 35.1 Å². The number of ketones is 1. The fourth-order valence-corrected chi connectivity index (χ4v) is 6.92. The summed E-state index contributed by atoms with van der Waals surface area (Å²) in [6.45, 7) is 6.94. The van der Waals surface area contributed by atoms with Crippen LogP contribution < -0.4 is 0 Å². The Balaban J connectivity index is 1.42. The van der Waals surface area contributed by atoms with Crippen LogP contribution in [0.2, 0.25) is 0 Å². The van der Waals surface area contributed by atoms with Crippen molar-refractivity contribution in [3.05, 3.63) is 22.5 Å². The lowest BCUT2D eigenvalue weighted by Crippen LogP contribution is -2.56. The van der Waals surface area contributed by atoms with Crippen LogP contribution in [0.3, 0.4) is 0 Å². The molecule has 5 rings (SSSR count). The fraction of sp³-hybridized carbons (Fsp3) is 0.708. The van der Waals surface area contributed by atoms with E-state index in [4.69, 9.17) is 9.47 Å². The Bertz CT molecular complexity index is 901. The molecule has 1 aromatic heterocycles. The Kier molecular flexibility index (Phi) is 5.53. The zero-order valence-corrected chi connectivity index (χ0v) is 18.9. The van der Waals surface area contributed by atoms with E-state index in [-0.39, 0.29) is 29.9 Å². The van der Waals surface area contributed by atoms with Gasteiger partial charge in [-0.3, -0.25) is 9.59 Å². The quantitative estimate of drug-likeness (QED) is 0.504. The van der Waals surface area contributed by atoms with Gasteiger partial charge in [0, 0.05) is 5.69 Å². The SMILES string of the molecule is CCOC(=O)c1c(C)[nH]c(C(=O)[C@H](C)OC(=O)CC23C[C@@H]4C[C@@H](CC(O)(C4)C2)C3)c1C. The number of aliphatic hydroxyl groups is 1. The van der Waals surface area contributed by atoms with Crippen LogP contribution in [0.15, 0.2) is 0 Å². The number of aromatic amines is 1. The molecule has 2 unspecified atom stereocenters. The normalized spacial score (nSPS) is 32.0. The molecule has 7 nitrogen and oxygen atoms in total. The first-order valence-corrected chi connectivity index (χ1v) is 11.4. The summed E-state index contributed by atoms with van der Waals surface area (Å²) in [7, 11) is 0. The highest BCUT2D eigenvalue weighted by Crippen LogP contribution is 2.62. The molecule has 4 aliphatic carbocycles. The number of H-pyrrole nitrogens is 1. The standard InChI is InChI=1S/C24H33NO6/c1-5-30-22(28)19-13(2)20(25-14(19)3)21(27)15(4)31-18(26)11-23-7-16-6-17(8-23)10-24(29,9-16)12-23/h15-17,25,29H,5-12H2,1-4H3/t15-,16-,17+,23?,24?/m0/s1. The minimum Gasteiger partial charge on any atom is -0.462 e. The average Bonchev–Trinajstić information content (AvgIpc) is 2.92. The summed E-state index contributed by atoms with van der Waals surface area (Å²) in [6.07, 6.45) is 4.72. The Morgan fingerprint density at radius 1 is 1.16 bits per heavy atom. The Morgan fingerprint density at radius 2 is 1.81 bits per heavy atom. The van der Waals surface area contributed by atoms with Crippen LogP contribution in [0.5, 0.6) is 0 Å². The first-order valence-electron chi connectivity index (χ1n) is 11.4. The first kappa shape index (κ1) is 22.1. The molecule has 4 saturated carbocycles. The largest absolute Gasteiger partial charge is 0.462 e. The van der Waals surface area contributed by atoms with Crippen LogP contribution in [-0.4, -0.2) is 46.1 Å². The van der Waals surface area contributed by atoms with Gasteiger partial charge >= 0.3 is 11.9 Å². The minimum absolute atomic E-state index is 0.200. The Hall–Kier alpha value is -2.15. The third-order valence-corrected chi connectivity index (χ3v) is 7.51. The lowest BCUT2D eigenvalue weighted by Gasteiger charge is -2.60. The summed E-state index contributed by atoms with van der Waals surface area (Å²) in [5, 5.41) is 10.9. The van der Waals surface area contributed by atoms with Crippen LogP contribution in [0.1, 0.15) is 90.9 Å². The van der Waals surface area contributed by atoms with Gasteiger partial charge in [0.1, 0.15) is 0 Å². The van der Waals surface area contributed by atoms with E-state index in [1.165, 1.54) is 0 Å². The number of aryl methyl sites for hydroxylation is 1. The van der Waals surface area contributed by atoms with Crippen LogP contribution in [0, 0.1) is 31.1 Å². The van der Waals surface area contributed by atoms with E-state index in [1.807, 2.05) is 0 Å². The number of carbonyl (C=O) groups excluding carboxylic acids is 3. The van der Waals surface area contributed by atoms with Gasteiger partial charge in [-0.05, 0) is 89.0 Å². The maximum atomic E-state index is 13.0. The van der Waals surface area contributed by atoms with Crippen LogP contribution >= 0.6 is 0 Å². The van der Waals surface area contributed by atoms with Crippen molar-refractivity contribution in [2.45, 2.75) is 84.3 Å². The van der Waals surface area contributed by atoms with Gasteiger partial charge in [0.25, 0.3) is 0 Å². The zero-order chi connectivity index (χ0) is 22.6. The van der Waals surface area contributed by atoms with Crippen molar-refractivity contribution in [1.82, 2.24) is 4.98 Å². The predicted molar refractivity (Wildman–Crippen MR) is 113 cm³/mol. The predicted octanol–water partition coefficient (Wildman–Crippen LogP) is 3.64. The molecule has 4 aliphatic rings. The highest BCUT2D eigenvalue weighted by Gasteiger charge is 2.57. The van der Waals surface area contributed by atoms with Gasteiger partial charge in [-0.25, -0.2) is 4.79 Å². The van der Waals surface area contributed by atoms with Crippen molar-refractivity contribution in [3.8, 4) is 0 Å². The molecule has 1 heterocycles. The van der Waals surface area contributed by atoms with Crippen LogP contribution in [-0.2, 0) is 14.3 Å². The number of rotatable bonds is 7. The molecule has 5 atom stereocenters. The summed E-state index contributed by atoms with van der Waals surface area (Å²) in [5.41, 5.74) is 0.852. The van der Waals surface area contributed by atoms with Crippen LogP contribution in [0.4, 0.5) is 0 Å². The third kappa shape index (κ3) is 4.04. The second-order valence-corrected chi connectivity index (χ2v) is 10.2. The number of Topliss-reactive ketones (excluding diaryl/α,β-unsaturated/α-hetero) is 1. The molecule has 2 N–H and O–H groups in total. The topological polar surface area (TPSA) is 106 Å². The van der Waals surface area contributed by atoms with Crippen molar-refractivity contribution in [2.75, 3.05) is 6.61 Å². The Labute approximate surface area is 182 Å². The van der Waals surface area contributed by atoms with Gasteiger partial charge in [-0.1, -0.05) is 0 Å². The van der Waals surface area contributed by atoms with Gasteiger partial charge in [0.2, 0.25) is 5.78 Å². The maximum absolute atomic E-state index is 13.0. The summed E-state index contributed by atoms with van der Waals surface area (Å²) in [5.74, 6) is -0.253. The highest BCUT2D eigenvalue weighted by atomic mass is 16.5. The molecule has 0 amide bonds. The number of nitrogens with one attached hydrogen (secondary N) is 1. The number of aromatic nitrogens is 1. The molecule has 0 radical (unpaired) electrons. The highest BCUT2D eigenvalue weighted by molar-refractivity contribution is 6.04. The van der Waals surface area contributed by atoms with E-state index in [9.17, 15) is 19.5 Å². The smallest absolute Gasteiger partial charge is 0.340 e. The number of hydrogen-bond donors (Lipinski definition) is 2. The molecule has 0 saturated heterocycles. The zero-order valence-electron chi connectivity index (χ0n) is 18.9. The van der Waals surface area contributed by atoms with Gasteiger partial charge < -0.3 is 19.6 Å². The molecule has 4 fully saturated rings. The number of hydrogen-bond acceptors (Lipinski definition) is 6. The van der Waals surface area contributed by atoms with Gasteiger partial charge in [0.05, 0.1) is 29.9 Å². The number of esters is 2. The van der Waals surface area contributed by atoms with E-state index in [1.54, 1.807) is 27.7 Å². The van der Waals surface area contributed by atoms with Gasteiger partial charge in [-0.15, -0.1) is 0 Å². The van der Waals surface area contributed by atoms with E-state index in [0.717, 1.165) is 32.1 Å². The average molecular weight is 432 g/mol. The molecule has 1 aromatic rings. The van der Waals surface area contributed by atoms with Crippen molar-refractivity contribution in [3.63, 3.8) is 0 Å². The molecule has 31 heavy (non-hydrogen) atoms. The van der Waals surface area contributed by atoms with E-state index < -0.39 is 23.6 Å². The molecule has 0 aliphatic heterocycles. The van der Waals surface area contributed by atoms with E-state index in [2.05, 4.69) is 4.98 Å². The molecular formula is C24H33NO6. The molecule has 0 spiro atoms. The lowest BCUT2D eigenvalue weighted by molar-refractivity contribution is -0.178. The summed E-state index contributed by atoms with van der Waals surface area (Å²) >= 11 is 0. The second kappa shape index (κ2) is 7.76. The van der Waals surface area contributed by atoms with Crippen molar-refractivity contribution < 1.29 is 29.0 Å². The molecule has 4 bridgehead atoms. The summed E-state index contributed by atoms with van der Waals surface area (Å²) in [6, 6.07) is 0. The first-order chi connectivity index (χ1) is 14.5. The number of carbonyl (C=O) groups is 3. The molecule has 170 valence electrons.